The van der Waals surface area contributed by atoms with Gasteiger partial charge in [0.2, 0.25) is 23.6 Å². The van der Waals surface area contributed by atoms with Crippen LogP contribution in [0.1, 0.15) is 62.4 Å². The Hall–Kier alpha value is -5.18. The van der Waals surface area contributed by atoms with E-state index < -0.39 is 29.4 Å². The summed E-state index contributed by atoms with van der Waals surface area (Å²) in [7, 11) is 3.11. The maximum atomic E-state index is 13.8. The molecule has 0 spiro atoms. The average molecular weight is 706 g/mol. The Morgan fingerprint density at radius 2 is 1.75 bits per heavy atom. The molecule has 4 heterocycles. The van der Waals surface area contributed by atoms with Gasteiger partial charge in [-0.1, -0.05) is 18.2 Å². The zero-order valence-corrected chi connectivity index (χ0v) is 29.7. The molecule has 51 heavy (non-hydrogen) atoms. The standard InChI is InChI=1S/C36H47N7O8/c1-22-32-40-30(20-24-8-11-28(48-4)29(19-24)49-5)42-43(32)21-31(44)37-14-17-51-26-9-6-23(7-10-26)18-27(34(46)41-36(2,3)35(47)38-22)39-33(45)25-12-15-50-16-13-25/h6-11,19,22,25,27H,12-18,20-21H2,1-5H3,(H,37,44)(H,38,47)(H,39,45)(H,41,46)/t22-,27+/m1/s1. The Kier molecular flexibility index (Phi) is 12.1. The van der Waals surface area contributed by atoms with Crippen LogP contribution in [0, 0.1) is 5.92 Å². The average Bonchev–Trinajstić information content (AvgIpc) is 3.51. The number of hydrogen-bond acceptors (Lipinski definition) is 10. The predicted molar refractivity (Wildman–Crippen MR) is 185 cm³/mol. The molecular weight excluding hydrogens is 658 g/mol. The minimum atomic E-state index is -1.39. The number of hydrogen-bond donors (Lipinski definition) is 4. The Morgan fingerprint density at radius 3 is 2.45 bits per heavy atom. The number of fused-ring (bicyclic) bond motifs is 14. The maximum absolute atomic E-state index is 13.8. The van der Waals surface area contributed by atoms with Crippen LogP contribution in [0.4, 0.5) is 0 Å². The monoisotopic (exact) mass is 705 g/mol. The van der Waals surface area contributed by atoms with Gasteiger partial charge in [-0.15, -0.1) is 0 Å². The lowest BCUT2D eigenvalue weighted by molar-refractivity contribution is -0.136. The number of rotatable bonds is 6. The van der Waals surface area contributed by atoms with E-state index in [0.717, 1.165) is 11.1 Å². The van der Waals surface area contributed by atoms with E-state index in [2.05, 4.69) is 26.4 Å². The topological polar surface area (TPSA) is 184 Å². The Bertz CT molecular complexity index is 1700. The minimum Gasteiger partial charge on any atom is -0.493 e. The van der Waals surface area contributed by atoms with Crippen LogP contribution in [0.15, 0.2) is 42.5 Å². The van der Waals surface area contributed by atoms with Crippen molar-refractivity contribution < 1.29 is 38.1 Å². The zero-order valence-electron chi connectivity index (χ0n) is 29.7. The second kappa shape index (κ2) is 16.7. The van der Waals surface area contributed by atoms with Gasteiger partial charge in [-0.3, -0.25) is 19.2 Å². The molecule has 4 N–H and O–H groups in total. The van der Waals surface area contributed by atoms with Crippen LogP contribution in [0.5, 0.6) is 17.2 Å². The van der Waals surface area contributed by atoms with E-state index in [-0.39, 0.29) is 43.8 Å². The fourth-order valence-corrected chi connectivity index (χ4v) is 5.95. The third-order valence-corrected chi connectivity index (χ3v) is 8.87. The summed E-state index contributed by atoms with van der Waals surface area (Å²) < 4.78 is 23.5. The first-order chi connectivity index (χ1) is 24.4. The van der Waals surface area contributed by atoms with Crippen molar-refractivity contribution in [3.8, 4) is 17.2 Å². The maximum Gasteiger partial charge on any atom is 0.245 e. The molecule has 0 unspecified atom stereocenters. The molecule has 3 aliphatic heterocycles. The summed E-state index contributed by atoms with van der Waals surface area (Å²) in [6.07, 6.45) is 1.65. The molecule has 274 valence electrons. The normalized spacial score (nSPS) is 20.5. The van der Waals surface area contributed by atoms with Crippen molar-refractivity contribution in [1.82, 2.24) is 36.0 Å². The molecule has 3 aliphatic rings. The summed E-state index contributed by atoms with van der Waals surface area (Å²) in [5.74, 6) is 0.686. The largest absolute Gasteiger partial charge is 0.493 e. The fourth-order valence-electron chi connectivity index (χ4n) is 5.95. The second-order valence-corrected chi connectivity index (χ2v) is 13.2. The molecule has 1 aromatic heterocycles. The van der Waals surface area contributed by atoms with Crippen LogP contribution in [-0.4, -0.2) is 90.6 Å². The van der Waals surface area contributed by atoms with Gasteiger partial charge in [-0.25, -0.2) is 9.67 Å². The van der Waals surface area contributed by atoms with Gasteiger partial charge in [0, 0.05) is 32.0 Å². The van der Waals surface area contributed by atoms with E-state index in [0.29, 0.717) is 61.4 Å². The van der Waals surface area contributed by atoms with Crippen molar-refractivity contribution in [3.05, 3.63) is 65.2 Å². The van der Waals surface area contributed by atoms with Crippen LogP contribution >= 0.6 is 0 Å². The molecule has 0 saturated carbocycles. The highest BCUT2D eigenvalue weighted by Gasteiger charge is 2.35. The minimum absolute atomic E-state index is 0.155. The lowest BCUT2D eigenvalue weighted by Crippen LogP contribution is -2.60. The van der Waals surface area contributed by atoms with Gasteiger partial charge in [0.05, 0.1) is 26.8 Å². The molecule has 3 aromatic rings. The number of nitrogens with zero attached hydrogens (tertiary/aromatic N) is 3. The highest BCUT2D eigenvalue weighted by molar-refractivity contribution is 5.94. The molecule has 0 aliphatic carbocycles. The third-order valence-electron chi connectivity index (χ3n) is 8.87. The SMILES string of the molecule is COc1ccc(Cc2nc3n(n2)CC(=O)NCCOc2ccc(cc2)C[C@H](NC(=O)C2CCOCC2)C(=O)NC(C)(C)C(=O)N[C@@H]3C)cc1OC. The first-order valence-electron chi connectivity index (χ1n) is 17.1. The van der Waals surface area contributed by atoms with Gasteiger partial charge in [0.1, 0.15) is 36.3 Å². The Morgan fingerprint density at radius 1 is 1.02 bits per heavy atom. The Balaban J connectivity index is 1.40. The first-order valence-corrected chi connectivity index (χ1v) is 17.1. The van der Waals surface area contributed by atoms with Crippen LogP contribution in [-0.2, 0) is 43.3 Å². The summed E-state index contributed by atoms with van der Waals surface area (Å²) in [6.45, 7) is 6.17. The number of aromatic nitrogens is 3. The number of carbonyl (C=O) groups is 4. The van der Waals surface area contributed by atoms with Crippen LogP contribution in [0.2, 0.25) is 0 Å². The quantitative estimate of drug-likeness (QED) is 0.294. The van der Waals surface area contributed by atoms with Crippen LogP contribution in [0.3, 0.4) is 0 Å². The molecule has 4 amide bonds. The lowest BCUT2D eigenvalue weighted by Gasteiger charge is -2.30. The van der Waals surface area contributed by atoms with Gasteiger partial charge < -0.3 is 40.2 Å². The molecule has 6 rings (SSSR count). The fraction of sp³-hybridized carbons (Fsp3) is 0.500. The van der Waals surface area contributed by atoms with E-state index in [1.807, 2.05) is 24.3 Å². The van der Waals surface area contributed by atoms with E-state index in [4.69, 9.17) is 23.9 Å². The third kappa shape index (κ3) is 9.75. The molecular formula is C36H47N7O8. The first kappa shape index (κ1) is 37.1. The summed E-state index contributed by atoms with van der Waals surface area (Å²) in [5.41, 5.74) is 0.245. The van der Waals surface area contributed by atoms with Crippen molar-refractivity contribution in [1.29, 1.82) is 0 Å². The molecule has 0 radical (unpaired) electrons. The molecule has 15 heteroatoms. The van der Waals surface area contributed by atoms with E-state index in [1.54, 1.807) is 53.2 Å². The lowest BCUT2D eigenvalue weighted by atomic mass is 9.97. The molecule has 2 aromatic carbocycles. The summed E-state index contributed by atoms with van der Waals surface area (Å²) >= 11 is 0. The number of amides is 4. The second-order valence-electron chi connectivity index (χ2n) is 13.2. The molecule has 1 fully saturated rings. The number of ether oxygens (including phenoxy) is 4. The van der Waals surface area contributed by atoms with Gasteiger partial charge in [-0.2, -0.15) is 5.10 Å². The van der Waals surface area contributed by atoms with Crippen molar-refractivity contribution in [2.75, 3.05) is 40.6 Å². The smallest absolute Gasteiger partial charge is 0.245 e. The van der Waals surface area contributed by atoms with Gasteiger partial charge in [0.15, 0.2) is 17.3 Å². The number of carbonyl (C=O) groups excluding carboxylic acids is 4. The highest BCUT2D eigenvalue weighted by atomic mass is 16.5. The summed E-state index contributed by atoms with van der Waals surface area (Å²) in [5, 5.41) is 16.2. The van der Waals surface area contributed by atoms with E-state index in [1.165, 1.54) is 4.68 Å². The molecule has 1 saturated heterocycles. The van der Waals surface area contributed by atoms with E-state index in [9.17, 15) is 19.2 Å². The van der Waals surface area contributed by atoms with Crippen LogP contribution < -0.4 is 35.5 Å². The summed E-state index contributed by atoms with van der Waals surface area (Å²) in [4.78, 5) is 58.5. The van der Waals surface area contributed by atoms with Crippen molar-refractivity contribution in [2.24, 2.45) is 5.92 Å². The zero-order chi connectivity index (χ0) is 36.5. The summed E-state index contributed by atoms with van der Waals surface area (Å²) in [6, 6.07) is 11.0. The molecule has 15 nitrogen and oxygen atoms in total. The van der Waals surface area contributed by atoms with E-state index >= 15 is 0 Å². The number of nitrogens with one attached hydrogen (secondary N) is 4. The number of benzene rings is 2. The predicted octanol–water partition coefficient (Wildman–Crippen LogP) is 1.62. The van der Waals surface area contributed by atoms with Gasteiger partial charge >= 0.3 is 0 Å². The highest BCUT2D eigenvalue weighted by Crippen LogP contribution is 2.28. The molecule has 2 bridgehead atoms. The van der Waals surface area contributed by atoms with Crippen LogP contribution in [0.25, 0.3) is 0 Å². The van der Waals surface area contributed by atoms with Gasteiger partial charge in [-0.05, 0) is 69.0 Å². The van der Waals surface area contributed by atoms with Crippen molar-refractivity contribution >= 4 is 23.6 Å². The van der Waals surface area contributed by atoms with Gasteiger partial charge in [0.25, 0.3) is 0 Å². The number of methoxy groups -OCH3 is 2. The van der Waals surface area contributed by atoms with Crippen molar-refractivity contribution in [2.45, 2.75) is 70.6 Å². The van der Waals surface area contributed by atoms with Crippen molar-refractivity contribution in [3.63, 3.8) is 0 Å². The molecule has 2 atom stereocenters. The Labute approximate surface area is 297 Å².